The van der Waals surface area contributed by atoms with E-state index >= 15 is 0 Å². The molecule has 0 aliphatic carbocycles. The van der Waals surface area contributed by atoms with Crippen LogP contribution in [0.15, 0.2) is 54.6 Å². The molecule has 0 radical (unpaired) electrons. The van der Waals surface area contributed by atoms with E-state index in [-0.39, 0.29) is 17.9 Å². The SMILES string of the molecule is C[C@H](CC(=O)NC[C@@H]1COc2ccccc2O1)c1ccccc1. The molecular weight excluding hydrogens is 290 g/mol. The molecule has 0 saturated carbocycles. The Bertz CT molecular complexity index is 657. The fraction of sp³-hybridized carbons (Fsp3) is 0.316. The fourth-order valence-electron chi connectivity index (χ4n) is 2.64. The van der Waals surface area contributed by atoms with Crippen LogP contribution in [0.2, 0.25) is 0 Å². The summed E-state index contributed by atoms with van der Waals surface area (Å²) in [5.41, 5.74) is 1.17. The largest absolute Gasteiger partial charge is 0.486 e. The Kier molecular flexibility index (Phi) is 4.81. The molecule has 4 heteroatoms. The summed E-state index contributed by atoms with van der Waals surface area (Å²) in [5.74, 6) is 1.72. The number of ether oxygens (including phenoxy) is 2. The topological polar surface area (TPSA) is 47.6 Å². The number of hydrogen-bond donors (Lipinski definition) is 1. The molecular formula is C19H21NO3. The second-order valence-electron chi connectivity index (χ2n) is 5.82. The molecule has 0 spiro atoms. The van der Waals surface area contributed by atoms with Crippen molar-refractivity contribution in [2.24, 2.45) is 0 Å². The lowest BCUT2D eigenvalue weighted by atomic mass is 9.97. The summed E-state index contributed by atoms with van der Waals surface area (Å²) < 4.78 is 11.5. The van der Waals surface area contributed by atoms with Gasteiger partial charge in [0.15, 0.2) is 11.5 Å². The summed E-state index contributed by atoms with van der Waals surface area (Å²) in [5, 5.41) is 2.94. The highest BCUT2D eigenvalue weighted by Crippen LogP contribution is 2.30. The van der Waals surface area contributed by atoms with Gasteiger partial charge in [0.2, 0.25) is 5.91 Å². The van der Waals surface area contributed by atoms with Gasteiger partial charge in [0.25, 0.3) is 0 Å². The predicted octanol–water partition coefficient (Wildman–Crippen LogP) is 3.14. The van der Waals surface area contributed by atoms with Crippen molar-refractivity contribution in [3.63, 3.8) is 0 Å². The first-order valence-electron chi connectivity index (χ1n) is 7.92. The van der Waals surface area contributed by atoms with Gasteiger partial charge in [-0.25, -0.2) is 0 Å². The van der Waals surface area contributed by atoms with Crippen molar-refractivity contribution in [2.45, 2.75) is 25.4 Å². The number of rotatable bonds is 5. The van der Waals surface area contributed by atoms with E-state index in [1.54, 1.807) is 0 Å². The van der Waals surface area contributed by atoms with Crippen LogP contribution in [0, 0.1) is 0 Å². The van der Waals surface area contributed by atoms with Crippen molar-refractivity contribution in [1.29, 1.82) is 0 Å². The molecule has 1 heterocycles. The summed E-state index contributed by atoms with van der Waals surface area (Å²) in [6, 6.07) is 17.6. The fourth-order valence-corrected chi connectivity index (χ4v) is 2.64. The van der Waals surface area contributed by atoms with E-state index in [0.29, 0.717) is 19.6 Å². The van der Waals surface area contributed by atoms with Crippen LogP contribution in [0.1, 0.15) is 24.8 Å². The van der Waals surface area contributed by atoms with E-state index in [4.69, 9.17) is 9.47 Å². The lowest BCUT2D eigenvalue weighted by Gasteiger charge is -2.26. The van der Waals surface area contributed by atoms with Crippen LogP contribution in [0.3, 0.4) is 0 Å². The second-order valence-corrected chi connectivity index (χ2v) is 5.82. The number of fused-ring (bicyclic) bond motifs is 1. The number of benzene rings is 2. The Morgan fingerprint density at radius 3 is 2.61 bits per heavy atom. The Balaban J connectivity index is 1.47. The van der Waals surface area contributed by atoms with Gasteiger partial charge in [-0.05, 0) is 23.6 Å². The van der Waals surface area contributed by atoms with Gasteiger partial charge in [0.05, 0.1) is 6.54 Å². The van der Waals surface area contributed by atoms with E-state index in [9.17, 15) is 4.79 Å². The minimum absolute atomic E-state index is 0.0313. The van der Waals surface area contributed by atoms with Gasteiger partial charge in [-0.3, -0.25) is 4.79 Å². The quantitative estimate of drug-likeness (QED) is 0.923. The number of carbonyl (C=O) groups is 1. The Morgan fingerprint density at radius 1 is 1.13 bits per heavy atom. The van der Waals surface area contributed by atoms with Crippen LogP contribution in [-0.4, -0.2) is 25.2 Å². The average molecular weight is 311 g/mol. The van der Waals surface area contributed by atoms with Gasteiger partial charge >= 0.3 is 0 Å². The molecule has 0 bridgehead atoms. The van der Waals surface area contributed by atoms with Crippen molar-refractivity contribution in [1.82, 2.24) is 5.32 Å². The third kappa shape index (κ3) is 4.03. The minimum Gasteiger partial charge on any atom is -0.486 e. The van der Waals surface area contributed by atoms with Crippen LogP contribution < -0.4 is 14.8 Å². The normalized spacial score (nSPS) is 17.3. The summed E-state index contributed by atoms with van der Waals surface area (Å²) in [7, 11) is 0. The van der Waals surface area contributed by atoms with Crippen LogP contribution in [0.25, 0.3) is 0 Å². The van der Waals surface area contributed by atoms with Crippen LogP contribution >= 0.6 is 0 Å². The van der Waals surface area contributed by atoms with Crippen LogP contribution in [0.5, 0.6) is 11.5 Å². The van der Waals surface area contributed by atoms with Gasteiger partial charge in [-0.2, -0.15) is 0 Å². The Morgan fingerprint density at radius 2 is 1.83 bits per heavy atom. The molecule has 1 aliphatic heterocycles. The summed E-state index contributed by atoms with van der Waals surface area (Å²) >= 11 is 0. The molecule has 0 fully saturated rings. The van der Waals surface area contributed by atoms with E-state index in [1.165, 1.54) is 5.56 Å². The average Bonchev–Trinajstić information content (AvgIpc) is 2.60. The molecule has 2 aromatic carbocycles. The molecule has 23 heavy (non-hydrogen) atoms. The Hall–Kier alpha value is -2.49. The van der Waals surface area contributed by atoms with Crippen molar-refractivity contribution in [3.8, 4) is 11.5 Å². The highest BCUT2D eigenvalue weighted by atomic mass is 16.6. The lowest BCUT2D eigenvalue weighted by molar-refractivity contribution is -0.121. The van der Waals surface area contributed by atoms with Crippen molar-refractivity contribution >= 4 is 5.91 Å². The first-order chi connectivity index (χ1) is 11.2. The standard InChI is InChI=1S/C19H21NO3/c1-14(15-7-3-2-4-8-15)11-19(21)20-12-16-13-22-17-9-5-6-10-18(17)23-16/h2-10,14,16H,11-13H2,1H3,(H,20,21)/t14-,16-/m1/s1. The second kappa shape index (κ2) is 7.18. The molecule has 0 unspecified atom stereocenters. The molecule has 1 aliphatic rings. The Labute approximate surface area is 136 Å². The first kappa shape index (κ1) is 15.4. The smallest absolute Gasteiger partial charge is 0.220 e. The number of nitrogens with one attached hydrogen (secondary N) is 1. The van der Waals surface area contributed by atoms with Crippen LogP contribution in [-0.2, 0) is 4.79 Å². The van der Waals surface area contributed by atoms with Crippen molar-refractivity contribution < 1.29 is 14.3 Å². The molecule has 120 valence electrons. The van der Waals surface area contributed by atoms with Gasteiger partial charge in [0, 0.05) is 6.42 Å². The van der Waals surface area contributed by atoms with Gasteiger partial charge in [-0.15, -0.1) is 0 Å². The lowest BCUT2D eigenvalue weighted by Crippen LogP contribution is -2.40. The zero-order chi connectivity index (χ0) is 16.1. The van der Waals surface area contributed by atoms with E-state index in [0.717, 1.165) is 11.5 Å². The number of amides is 1. The monoisotopic (exact) mass is 311 g/mol. The predicted molar refractivity (Wildman–Crippen MR) is 88.8 cm³/mol. The maximum Gasteiger partial charge on any atom is 0.220 e. The minimum atomic E-state index is -0.152. The first-order valence-corrected chi connectivity index (χ1v) is 7.92. The van der Waals surface area contributed by atoms with E-state index in [2.05, 4.69) is 12.2 Å². The van der Waals surface area contributed by atoms with Gasteiger partial charge in [-0.1, -0.05) is 49.4 Å². The number of hydrogen-bond acceptors (Lipinski definition) is 3. The molecule has 0 saturated heterocycles. The highest BCUT2D eigenvalue weighted by Gasteiger charge is 2.21. The number of para-hydroxylation sites is 2. The molecule has 1 amide bonds. The molecule has 1 N–H and O–H groups in total. The molecule has 3 rings (SSSR count). The third-order valence-corrected chi connectivity index (χ3v) is 3.95. The number of carbonyl (C=O) groups excluding carboxylic acids is 1. The summed E-state index contributed by atoms with van der Waals surface area (Å²) in [6.45, 7) is 2.96. The van der Waals surface area contributed by atoms with Crippen molar-refractivity contribution in [3.05, 3.63) is 60.2 Å². The van der Waals surface area contributed by atoms with Crippen molar-refractivity contribution in [2.75, 3.05) is 13.2 Å². The third-order valence-electron chi connectivity index (χ3n) is 3.95. The molecule has 4 nitrogen and oxygen atoms in total. The molecule has 2 aromatic rings. The van der Waals surface area contributed by atoms with Gasteiger partial charge < -0.3 is 14.8 Å². The van der Waals surface area contributed by atoms with Crippen LogP contribution in [0.4, 0.5) is 0 Å². The van der Waals surface area contributed by atoms with E-state index in [1.807, 2.05) is 54.6 Å². The summed E-state index contributed by atoms with van der Waals surface area (Å²) in [6.07, 6.45) is 0.314. The molecule has 2 atom stereocenters. The van der Waals surface area contributed by atoms with E-state index < -0.39 is 0 Å². The molecule has 0 aromatic heterocycles. The summed E-state index contributed by atoms with van der Waals surface area (Å²) in [4.78, 5) is 12.1. The zero-order valence-electron chi connectivity index (χ0n) is 13.2. The maximum absolute atomic E-state index is 12.1. The zero-order valence-corrected chi connectivity index (χ0v) is 13.2. The highest BCUT2D eigenvalue weighted by molar-refractivity contribution is 5.76. The van der Waals surface area contributed by atoms with Gasteiger partial charge in [0.1, 0.15) is 12.7 Å². The maximum atomic E-state index is 12.1.